The molecule has 2 aromatic heterocycles. The van der Waals surface area contributed by atoms with Gasteiger partial charge >= 0.3 is 0 Å². The number of aliphatic hydroxyl groups is 3. The van der Waals surface area contributed by atoms with Crippen LogP contribution < -0.4 is 5.73 Å². The molecule has 0 aromatic carbocycles. The quantitative estimate of drug-likeness (QED) is 0.538. The second kappa shape index (κ2) is 4.67. The molecule has 1 aliphatic heterocycles. The molecule has 4 atom stereocenters. The van der Waals surface area contributed by atoms with Crippen LogP contribution in [0.15, 0.2) is 12.5 Å². The van der Waals surface area contributed by atoms with Gasteiger partial charge < -0.3 is 30.4 Å². The smallest absolute Gasteiger partial charge is 0.151 e. The van der Waals surface area contributed by atoms with E-state index < -0.39 is 24.4 Å². The molecule has 20 heavy (non-hydrogen) atoms. The van der Waals surface area contributed by atoms with Crippen molar-refractivity contribution in [1.82, 2.24) is 14.5 Å². The third-order valence-electron chi connectivity index (χ3n) is 3.66. The SMILES string of the molecule is Cn1cc([C@@H]2O[C@H](CO)[C@@H](O)[C@H]2O)c2ncnc(N)c21. The molecule has 1 saturated heterocycles. The van der Waals surface area contributed by atoms with E-state index in [1.807, 2.05) is 0 Å². The number of aryl methyl sites for hydroxylation is 1. The number of nitrogens with two attached hydrogens (primary N) is 1. The van der Waals surface area contributed by atoms with Gasteiger partial charge in [0.15, 0.2) is 5.82 Å². The van der Waals surface area contributed by atoms with Crippen molar-refractivity contribution in [3.63, 3.8) is 0 Å². The predicted molar refractivity (Wildman–Crippen MR) is 69.6 cm³/mol. The average molecular weight is 280 g/mol. The van der Waals surface area contributed by atoms with Crippen LogP contribution in [0.25, 0.3) is 11.0 Å². The van der Waals surface area contributed by atoms with Crippen molar-refractivity contribution in [2.45, 2.75) is 24.4 Å². The highest BCUT2D eigenvalue weighted by atomic mass is 16.6. The Kier molecular flexibility index (Phi) is 3.09. The molecule has 0 saturated carbocycles. The topological polar surface area (TPSA) is 127 Å². The van der Waals surface area contributed by atoms with E-state index in [1.54, 1.807) is 17.8 Å². The highest BCUT2D eigenvalue weighted by Gasteiger charge is 2.44. The van der Waals surface area contributed by atoms with Crippen molar-refractivity contribution in [2.24, 2.45) is 7.05 Å². The van der Waals surface area contributed by atoms with Gasteiger partial charge in [-0.1, -0.05) is 0 Å². The summed E-state index contributed by atoms with van der Waals surface area (Å²) in [6.45, 7) is -0.364. The van der Waals surface area contributed by atoms with E-state index in [2.05, 4.69) is 9.97 Å². The summed E-state index contributed by atoms with van der Waals surface area (Å²) in [5.41, 5.74) is 7.63. The van der Waals surface area contributed by atoms with Crippen LogP contribution in [0.4, 0.5) is 5.82 Å². The molecule has 3 heterocycles. The zero-order chi connectivity index (χ0) is 14.4. The first-order valence-electron chi connectivity index (χ1n) is 6.22. The molecule has 2 aromatic rings. The lowest BCUT2D eigenvalue weighted by molar-refractivity contribution is -0.0224. The van der Waals surface area contributed by atoms with Gasteiger partial charge in [-0.2, -0.15) is 0 Å². The summed E-state index contributed by atoms with van der Waals surface area (Å²) in [4.78, 5) is 8.10. The normalized spacial score (nSPS) is 30.2. The van der Waals surface area contributed by atoms with Crippen molar-refractivity contribution in [2.75, 3.05) is 12.3 Å². The molecule has 0 unspecified atom stereocenters. The van der Waals surface area contributed by atoms with Crippen molar-refractivity contribution in [3.05, 3.63) is 18.1 Å². The number of ether oxygens (including phenoxy) is 1. The Bertz CT molecular complexity index is 644. The standard InChI is InChI=1S/C12H16N4O4/c1-16-2-5(7-8(16)12(13)15-4-14-7)11-10(19)9(18)6(3-17)20-11/h2,4,6,9-11,17-19H,3H2,1H3,(H2,13,14,15)/t6-,9-,10-,11+/m1/s1. The minimum atomic E-state index is -1.14. The molecule has 0 spiro atoms. The summed E-state index contributed by atoms with van der Waals surface area (Å²) >= 11 is 0. The van der Waals surface area contributed by atoms with E-state index in [0.29, 0.717) is 22.4 Å². The van der Waals surface area contributed by atoms with E-state index in [4.69, 9.17) is 15.6 Å². The Balaban J connectivity index is 2.10. The van der Waals surface area contributed by atoms with E-state index in [0.717, 1.165) is 0 Å². The van der Waals surface area contributed by atoms with Crippen LogP contribution in [0.1, 0.15) is 11.7 Å². The molecule has 0 aliphatic carbocycles. The van der Waals surface area contributed by atoms with Gasteiger partial charge in [-0.15, -0.1) is 0 Å². The van der Waals surface area contributed by atoms with Crippen LogP contribution in [-0.2, 0) is 11.8 Å². The molecule has 3 rings (SSSR count). The number of hydrogen-bond acceptors (Lipinski definition) is 7. The Morgan fingerprint density at radius 3 is 2.75 bits per heavy atom. The molecule has 1 aliphatic rings. The Labute approximate surface area is 114 Å². The number of nitrogens with zero attached hydrogens (tertiary/aromatic N) is 3. The molecule has 0 bridgehead atoms. The third-order valence-corrected chi connectivity index (χ3v) is 3.66. The highest BCUT2D eigenvalue weighted by Crippen LogP contribution is 2.37. The number of nitrogen functional groups attached to an aromatic ring is 1. The molecular weight excluding hydrogens is 264 g/mol. The second-order valence-corrected chi connectivity index (χ2v) is 4.91. The summed E-state index contributed by atoms with van der Waals surface area (Å²) in [6.07, 6.45) is -0.781. The lowest BCUT2D eigenvalue weighted by Crippen LogP contribution is -2.32. The van der Waals surface area contributed by atoms with Gasteiger partial charge in [0, 0.05) is 18.8 Å². The number of anilines is 1. The van der Waals surface area contributed by atoms with Crippen LogP contribution in [0.2, 0.25) is 0 Å². The fraction of sp³-hybridized carbons (Fsp3) is 0.500. The van der Waals surface area contributed by atoms with Gasteiger partial charge in [-0.05, 0) is 0 Å². The van der Waals surface area contributed by atoms with Crippen molar-refractivity contribution < 1.29 is 20.1 Å². The van der Waals surface area contributed by atoms with Gasteiger partial charge in [0.1, 0.15) is 36.3 Å². The second-order valence-electron chi connectivity index (χ2n) is 4.91. The number of rotatable bonds is 2. The maximum Gasteiger partial charge on any atom is 0.151 e. The first-order chi connectivity index (χ1) is 9.54. The zero-order valence-electron chi connectivity index (χ0n) is 10.8. The molecule has 8 nitrogen and oxygen atoms in total. The highest BCUT2D eigenvalue weighted by molar-refractivity contribution is 5.88. The van der Waals surface area contributed by atoms with E-state index >= 15 is 0 Å². The molecular formula is C12H16N4O4. The molecule has 8 heteroatoms. The van der Waals surface area contributed by atoms with Crippen molar-refractivity contribution >= 4 is 16.9 Å². The third kappa shape index (κ3) is 1.77. The molecule has 0 amide bonds. The van der Waals surface area contributed by atoms with Crippen LogP contribution in [0, 0.1) is 0 Å². The summed E-state index contributed by atoms with van der Waals surface area (Å²) in [7, 11) is 1.78. The van der Waals surface area contributed by atoms with Crippen molar-refractivity contribution in [3.8, 4) is 0 Å². The monoisotopic (exact) mass is 280 g/mol. The molecule has 0 radical (unpaired) electrons. The van der Waals surface area contributed by atoms with Crippen LogP contribution in [-0.4, -0.2) is 54.8 Å². The van der Waals surface area contributed by atoms with E-state index in [-0.39, 0.29) is 6.61 Å². The average Bonchev–Trinajstić information content (AvgIpc) is 2.90. The first kappa shape index (κ1) is 13.3. The number of aromatic nitrogens is 3. The maximum atomic E-state index is 10.1. The Morgan fingerprint density at radius 2 is 2.10 bits per heavy atom. The van der Waals surface area contributed by atoms with Crippen LogP contribution in [0.3, 0.4) is 0 Å². The number of fused-ring (bicyclic) bond motifs is 1. The van der Waals surface area contributed by atoms with E-state index in [1.165, 1.54) is 6.33 Å². The predicted octanol–water partition coefficient (Wildman–Crippen LogP) is -1.30. The van der Waals surface area contributed by atoms with Gasteiger partial charge in [0.2, 0.25) is 0 Å². The van der Waals surface area contributed by atoms with Gasteiger partial charge in [-0.25, -0.2) is 9.97 Å². The summed E-state index contributed by atoms with van der Waals surface area (Å²) < 4.78 is 7.26. The lowest BCUT2D eigenvalue weighted by atomic mass is 10.0. The summed E-state index contributed by atoms with van der Waals surface area (Å²) in [5.74, 6) is 0.329. The van der Waals surface area contributed by atoms with Crippen LogP contribution >= 0.6 is 0 Å². The van der Waals surface area contributed by atoms with Gasteiger partial charge in [0.05, 0.1) is 12.1 Å². The molecule has 5 N–H and O–H groups in total. The Hall–Kier alpha value is -1.74. The fourth-order valence-electron chi connectivity index (χ4n) is 2.65. The minimum Gasteiger partial charge on any atom is -0.394 e. The Morgan fingerprint density at radius 1 is 1.35 bits per heavy atom. The zero-order valence-corrected chi connectivity index (χ0v) is 10.8. The summed E-state index contributed by atoms with van der Waals surface area (Å²) in [6, 6.07) is 0. The maximum absolute atomic E-state index is 10.1. The summed E-state index contributed by atoms with van der Waals surface area (Å²) in [5, 5.41) is 29.0. The largest absolute Gasteiger partial charge is 0.394 e. The molecule has 1 fully saturated rings. The first-order valence-corrected chi connectivity index (χ1v) is 6.22. The fourth-order valence-corrected chi connectivity index (χ4v) is 2.65. The van der Waals surface area contributed by atoms with Crippen LogP contribution in [0.5, 0.6) is 0 Å². The van der Waals surface area contributed by atoms with Crippen molar-refractivity contribution in [1.29, 1.82) is 0 Å². The molecule has 108 valence electrons. The van der Waals surface area contributed by atoms with Gasteiger partial charge in [-0.3, -0.25) is 0 Å². The lowest BCUT2D eigenvalue weighted by Gasteiger charge is -2.13. The number of aliphatic hydroxyl groups excluding tert-OH is 3. The minimum absolute atomic E-state index is 0.329. The number of hydrogen-bond donors (Lipinski definition) is 4. The van der Waals surface area contributed by atoms with Gasteiger partial charge in [0.25, 0.3) is 0 Å². The van der Waals surface area contributed by atoms with E-state index in [9.17, 15) is 10.2 Å².